The summed E-state index contributed by atoms with van der Waals surface area (Å²) in [7, 11) is -3.89. The Bertz CT molecular complexity index is 647. The number of sulfonamides is 1. The van der Waals surface area contributed by atoms with Crippen molar-refractivity contribution in [3.05, 3.63) is 29.8 Å². The van der Waals surface area contributed by atoms with Gasteiger partial charge in [-0.2, -0.15) is 0 Å². The summed E-state index contributed by atoms with van der Waals surface area (Å²) in [6.45, 7) is 5.02. The molecule has 0 aliphatic heterocycles. The number of carbonyl (C=O) groups excluding carboxylic acids is 1. The van der Waals surface area contributed by atoms with E-state index < -0.39 is 34.1 Å². The van der Waals surface area contributed by atoms with Gasteiger partial charge < -0.3 is 5.32 Å². The second-order valence-electron chi connectivity index (χ2n) is 5.47. The van der Waals surface area contributed by atoms with E-state index >= 15 is 0 Å². The molecule has 0 saturated carbocycles. The minimum Gasteiger partial charge on any atom is -0.352 e. The molecule has 0 heterocycles. The van der Waals surface area contributed by atoms with Crippen LogP contribution >= 0.6 is 0 Å². The van der Waals surface area contributed by atoms with Gasteiger partial charge in [0.1, 0.15) is 18.2 Å². The van der Waals surface area contributed by atoms with Crippen LogP contribution in [0.15, 0.2) is 18.2 Å². The normalized spacial score (nSPS) is 13.0. The summed E-state index contributed by atoms with van der Waals surface area (Å²) in [6.07, 6.45) is 0.856. The molecule has 0 aliphatic rings. The van der Waals surface area contributed by atoms with E-state index in [9.17, 15) is 22.0 Å². The molecular weight excluding hydrogens is 314 g/mol. The molecule has 0 aromatic heterocycles. The van der Waals surface area contributed by atoms with E-state index in [1.807, 2.05) is 13.8 Å². The molecule has 22 heavy (non-hydrogen) atoms. The number of halogens is 2. The van der Waals surface area contributed by atoms with Gasteiger partial charge in [-0.15, -0.1) is 0 Å². The van der Waals surface area contributed by atoms with Crippen LogP contribution in [0.2, 0.25) is 0 Å². The van der Waals surface area contributed by atoms with E-state index in [4.69, 9.17) is 0 Å². The summed E-state index contributed by atoms with van der Waals surface area (Å²) >= 11 is 0. The van der Waals surface area contributed by atoms with Crippen LogP contribution in [0.3, 0.4) is 0 Å². The van der Waals surface area contributed by atoms with Gasteiger partial charge in [0.2, 0.25) is 15.9 Å². The van der Waals surface area contributed by atoms with E-state index in [-0.39, 0.29) is 17.6 Å². The van der Waals surface area contributed by atoms with Crippen LogP contribution in [-0.4, -0.2) is 33.2 Å². The molecule has 0 aliphatic carbocycles. The molecule has 0 spiro atoms. The van der Waals surface area contributed by atoms with E-state index in [0.29, 0.717) is 10.4 Å². The number of nitrogens with one attached hydrogen (secondary N) is 1. The third kappa shape index (κ3) is 4.94. The lowest BCUT2D eigenvalue weighted by molar-refractivity contribution is -0.120. The number of anilines is 1. The first-order chi connectivity index (χ1) is 10.0. The molecule has 0 bridgehead atoms. The van der Waals surface area contributed by atoms with Crippen LogP contribution in [0.25, 0.3) is 0 Å². The first-order valence-electron chi connectivity index (χ1n) is 6.74. The Kier molecular flexibility index (Phi) is 5.87. The average molecular weight is 334 g/mol. The summed E-state index contributed by atoms with van der Waals surface area (Å²) in [6, 6.07) is 2.34. The lowest BCUT2D eigenvalue weighted by Crippen LogP contribution is -2.44. The molecule has 1 aromatic carbocycles. The average Bonchev–Trinajstić information content (AvgIpc) is 2.35. The fourth-order valence-corrected chi connectivity index (χ4v) is 2.52. The van der Waals surface area contributed by atoms with Crippen molar-refractivity contribution in [3.8, 4) is 0 Å². The zero-order valence-electron chi connectivity index (χ0n) is 12.9. The number of nitrogens with zero attached hydrogens (tertiary/aromatic N) is 1. The minimum atomic E-state index is -3.89. The van der Waals surface area contributed by atoms with Crippen molar-refractivity contribution in [2.45, 2.75) is 26.8 Å². The van der Waals surface area contributed by atoms with Crippen molar-refractivity contribution < 1.29 is 22.0 Å². The molecule has 0 unspecified atom stereocenters. The predicted octanol–water partition coefficient (Wildman–Crippen LogP) is 1.89. The number of benzene rings is 1. The topological polar surface area (TPSA) is 66.5 Å². The van der Waals surface area contributed by atoms with Crippen LogP contribution in [0.1, 0.15) is 20.8 Å². The standard InChI is InChI=1S/C14H20F2N2O3S/c1-9(2)10(3)17-14(19)8-18(22(4,20)21)13-6-5-11(15)7-12(13)16/h5-7,9-10H,8H2,1-4H3,(H,17,19)/t10-/m1/s1. The highest BCUT2D eigenvalue weighted by Crippen LogP contribution is 2.22. The van der Waals surface area contributed by atoms with E-state index in [2.05, 4.69) is 5.32 Å². The fraction of sp³-hybridized carbons (Fsp3) is 0.500. The van der Waals surface area contributed by atoms with Crippen LogP contribution < -0.4 is 9.62 Å². The predicted molar refractivity (Wildman–Crippen MR) is 81.0 cm³/mol. The van der Waals surface area contributed by atoms with Gasteiger partial charge in [0, 0.05) is 12.1 Å². The quantitative estimate of drug-likeness (QED) is 0.864. The second-order valence-corrected chi connectivity index (χ2v) is 7.37. The Labute approximate surface area is 129 Å². The number of amides is 1. The highest BCUT2D eigenvalue weighted by atomic mass is 32.2. The molecule has 1 atom stereocenters. The minimum absolute atomic E-state index is 0.160. The Hall–Kier alpha value is -1.70. The maximum atomic E-state index is 13.8. The lowest BCUT2D eigenvalue weighted by Gasteiger charge is -2.24. The van der Waals surface area contributed by atoms with Gasteiger partial charge in [-0.25, -0.2) is 17.2 Å². The molecule has 1 rings (SSSR count). The van der Waals surface area contributed by atoms with Crippen molar-refractivity contribution in [1.82, 2.24) is 5.32 Å². The van der Waals surface area contributed by atoms with E-state index in [1.165, 1.54) is 0 Å². The summed E-state index contributed by atoms with van der Waals surface area (Å²) in [5.74, 6) is -2.27. The Morgan fingerprint density at radius 2 is 1.86 bits per heavy atom. The molecule has 1 N–H and O–H groups in total. The van der Waals surface area contributed by atoms with E-state index in [0.717, 1.165) is 18.4 Å². The van der Waals surface area contributed by atoms with Gasteiger partial charge in [-0.1, -0.05) is 13.8 Å². The van der Waals surface area contributed by atoms with E-state index in [1.54, 1.807) is 6.92 Å². The highest BCUT2D eigenvalue weighted by molar-refractivity contribution is 7.92. The summed E-state index contributed by atoms with van der Waals surface area (Å²) in [5, 5.41) is 2.64. The number of carbonyl (C=O) groups is 1. The summed E-state index contributed by atoms with van der Waals surface area (Å²) < 4.78 is 51.0. The maximum absolute atomic E-state index is 13.8. The van der Waals surface area contributed by atoms with Gasteiger partial charge in [-0.3, -0.25) is 9.10 Å². The molecule has 0 fully saturated rings. The van der Waals surface area contributed by atoms with Gasteiger partial charge in [0.15, 0.2) is 0 Å². The van der Waals surface area contributed by atoms with Gasteiger partial charge in [0.05, 0.1) is 11.9 Å². The number of hydrogen-bond donors (Lipinski definition) is 1. The highest BCUT2D eigenvalue weighted by Gasteiger charge is 2.24. The van der Waals surface area contributed by atoms with Crippen molar-refractivity contribution in [2.75, 3.05) is 17.1 Å². The molecule has 1 amide bonds. The first-order valence-corrected chi connectivity index (χ1v) is 8.59. The second kappa shape index (κ2) is 7.04. The fourth-order valence-electron chi connectivity index (χ4n) is 1.66. The van der Waals surface area contributed by atoms with Crippen LogP contribution in [0.4, 0.5) is 14.5 Å². The third-order valence-corrected chi connectivity index (χ3v) is 4.38. The SMILES string of the molecule is CC(C)[C@@H](C)NC(=O)CN(c1ccc(F)cc1F)S(C)(=O)=O. The largest absolute Gasteiger partial charge is 0.352 e. The molecule has 8 heteroatoms. The monoisotopic (exact) mass is 334 g/mol. The van der Waals surface area contributed by atoms with Gasteiger partial charge in [-0.05, 0) is 25.0 Å². The third-order valence-electron chi connectivity index (χ3n) is 3.25. The Morgan fingerprint density at radius 1 is 1.27 bits per heavy atom. The summed E-state index contributed by atoms with van der Waals surface area (Å²) in [5.41, 5.74) is -0.365. The molecule has 124 valence electrons. The molecule has 0 saturated heterocycles. The zero-order chi connectivity index (χ0) is 17.1. The van der Waals surface area contributed by atoms with Crippen LogP contribution in [0.5, 0.6) is 0 Å². The first kappa shape index (κ1) is 18.3. The number of rotatable bonds is 6. The Morgan fingerprint density at radius 3 is 2.32 bits per heavy atom. The van der Waals surface area contributed by atoms with Crippen molar-refractivity contribution in [1.29, 1.82) is 0 Å². The smallest absolute Gasteiger partial charge is 0.240 e. The molecule has 1 aromatic rings. The van der Waals surface area contributed by atoms with Crippen LogP contribution in [0, 0.1) is 17.6 Å². The molecular formula is C14H20F2N2O3S. The number of hydrogen-bond acceptors (Lipinski definition) is 3. The maximum Gasteiger partial charge on any atom is 0.240 e. The van der Waals surface area contributed by atoms with Crippen molar-refractivity contribution >= 4 is 21.6 Å². The molecule has 5 nitrogen and oxygen atoms in total. The van der Waals surface area contributed by atoms with Gasteiger partial charge >= 0.3 is 0 Å². The van der Waals surface area contributed by atoms with Crippen molar-refractivity contribution in [3.63, 3.8) is 0 Å². The summed E-state index contributed by atoms with van der Waals surface area (Å²) in [4.78, 5) is 12.0. The van der Waals surface area contributed by atoms with Crippen LogP contribution in [-0.2, 0) is 14.8 Å². The lowest BCUT2D eigenvalue weighted by atomic mass is 10.1. The zero-order valence-corrected chi connectivity index (χ0v) is 13.7. The van der Waals surface area contributed by atoms with Crippen molar-refractivity contribution in [2.24, 2.45) is 5.92 Å². The Balaban J connectivity index is 3.03. The van der Waals surface area contributed by atoms with Gasteiger partial charge in [0.25, 0.3) is 0 Å². The molecule has 0 radical (unpaired) electrons.